The lowest BCUT2D eigenvalue weighted by Gasteiger charge is -2.45. The van der Waals surface area contributed by atoms with Crippen molar-refractivity contribution in [2.24, 2.45) is 0 Å². The number of hydrogen-bond acceptors (Lipinski definition) is 11. The van der Waals surface area contributed by atoms with Crippen LogP contribution in [-0.4, -0.2) is 110 Å². The first-order valence-electron chi connectivity index (χ1n) is 10.9. The van der Waals surface area contributed by atoms with E-state index in [4.69, 9.17) is 18.9 Å². The smallest absolute Gasteiger partial charge is 0.229 e. The van der Waals surface area contributed by atoms with Crippen LogP contribution in [0.25, 0.3) is 0 Å². The Bertz CT molecular complexity index is 773. The Morgan fingerprint density at radius 3 is 1.97 bits per heavy atom. The van der Waals surface area contributed by atoms with Gasteiger partial charge in [-0.2, -0.15) is 0 Å². The van der Waals surface area contributed by atoms with Crippen molar-refractivity contribution in [3.63, 3.8) is 0 Å². The molecule has 10 atom stereocenters. The van der Waals surface area contributed by atoms with Crippen LogP contribution in [0.5, 0.6) is 5.75 Å². The van der Waals surface area contributed by atoms with Crippen molar-refractivity contribution in [3.05, 3.63) is 29.3 Å². The molecule has 0 aromatic heterocycles. The number of aliphatic hydroxyl groups is 7. The molecule has 0 saturated carbocycles. The molecule has 0 aliphatic carbocycles. The first-order chi connectivity index (χ1) is 15.6. The van der Waals surface area contributed by atoms with Crippen molar-refractivity contribution < 1.29 is 54.7 Å². The van der Waals surface area contributed by atoms with Crippen LogP contribution in [0.2, 0.25) is 0 Å². The Morgan fingerprint density at radius 2 is 1.39 bits per heavy atom. The first kappa shape index (κ1) is 26.2. The molecule has 2 fully saturated rings. The number of hydrogen-bond donors (Lipinski definition) is 7. The summed E-state index contributed by atoms with van der Waals surface area (Å²) in [6.07, 6.45) is -14.9. The van der Waals surface area contributed by atoms with E-state index in [9.17, 15) is 35.7 Å². The molecule has 0 unspecified atom stereocenters. The molecule has 2 heterocycles. The quantitative estimate of drug-likeness (QED) is 0.235. The van der Waals surface area contributed by atoms with Crippen LogP contribution in [0.3, 0.4) is 0 Å². The summed E-state index contributed by atoms with van der Waals surface area (Å²) >= 11 is 0. The Labute approximate surface area is 191 Å². The Morgan fingerprint density at radius 1 is 0.818 bits per heavy atom. The van der Waals surface area contributed by atoms with Gasteiger partial charge in [-0.05, 0) is 30.0 Å². The van der Waals surface area contributed by atoms with Gasteiger partial charge in [0.2, 0.25) is 6.29 Å². The molecule has 1 aromatic carbocycles. The largest absolute Gasteiger partial charge is 0.462 e. The van der Waals surface area contributed by atoms with Crippen LogP contribution in [0.1, 0.15) is 30.9 Å². The minimum Gasteiger partial charge on any atom is -0.462 e. The average Bonchev–Trinajstić information content (AvgIpc) is 2.79. The van der Waals surface area contributed by atoms with Gasteiger partial charge in [-0.15, -0.1) is 0 Å². The molecule has 7 N–H and O–H groups in total. The standard InChI is InChI=1S/C22H34O11/c1-9(2)11-5-4-10(3)12(6-11)30-22-20(18(28)16(26)14(8-24)32-22)33-21-19(29)17(27)15(25)13(7-23)31-21/h4-6,9,13-29H,7-8H2,1-3H3/t13-,14-,15-,16-,17+,18+,19-,20-,21+,22-/m1/s1. The van der Waals surface area contributed by atoms with Crippen LogP contribution in [0, 0.1) is 6.92 Å². The summed E-state index contributed by atoms with van der Waals surface area (Å²) in [5.41, 5.74) is 1.74. The highest BCUT2D eigenvalue weighted by Crippen LogP contribution is 2.32. The number of aliphatic hydroxyl groups excluding tert-OH is 7. The summed E-state index contributed by atoms with van der Waals surface area (Å²) in [5.74, 6) is 0.632. The highest BCUT2D eigenvalue weighted by Gasteiger charge is 2.51. The molecular weight excluding hydrogens is 440 g/mol. The minimum absolute atomic E-state index is 0.207. The Hall–Kier alpha value is -1.38. The SMILES string of the molecule is Cc1ccc(C(C)C)cc1O[C@@H]1O[C@H](CO)[C@@H](O)[C@H](O)[C@H]1O[C@@H]1O[C@H](CO)[C@@H](O)[C@H](O)[C@H]1O. The van der Waals surface area contributed by atoms with Crippen molar-refractivity contribution in [2.45, 2.75) is 88.1 Å². The van der Waals surface area contributed by atoms with E-state index < -0.39 is 74.6 Å². The molecule has 1 aromatic rings. The maximum Gasteiger partial charge on any atom is 0.229 e. The van der Waals surface area contributed by atoms with E-state index in [0.29, 0.717) is 5.75 Å². The van der Waals surface area contributed by atoms with Crippen molar-refractivity contribution >= 4 is 0 Å². The van der Waals surface area contributed by atoms with Gasteiger partial charge in [0.05, 0.1) is 13.2 Å². The molecule has 2 aliphatic rings. The number of benzene rings is 1. The third-order valence-corrected chi connectivity index (χ3v) is 6.09. The summed E-state index contributed by atoms with van der Waals surface area (Å²) in [7, 11) is 0. The molecule has 33 heavy (non-hydrogen) atoms. The fraction of sp³-hybridized carbons (Fsp3) is 0.727. The third kappa shape index (κ3) is 5.49. The topological polar surface area (TPSA) is 179 Å². The van der Waals surface area contributed by atoms with E-state index in [1.165, 1.54) is 0 Å². The summed E-state index contributed by atoms with van der Waals surface area (Å²) in [6.45, 7) is 4.57. The molecule has 11 heteroatoms. The predicted molar refractivity (Wildman–Crippen MR) is 112 cm³/mol. The molecule has 0 spiro atoms. The molecule has 3 rings (SSSR count). The molecule has 0 radical (unpaired) electrons. The lowest BCUT2D eigenvalue weighted by atomic mass is 9.97. The molecule has 2 saturated heterocycles. The fourth-order valence-electron chi connectivity index (χ4n) is 3.86. The van der Waals surface area contributed by atoms with Crippen LogP contribution in [0.4, 0.5) is 0 Å². The number of aryl methyl sites for hydroxylation is 1. The third-order valence-electron chi connectivity index (χ3n) is 6.09. The van der Waals surface area contributed by atoms with E-state index in [1.54, 1.807) is 6.07 Å². The zero-order valence-corrected chi connectivity index (χ0v) is 18.8. The van der Waals surface area contributed by atoms with E-state index in [0.717, 1.165) is 11.1 Å². The Kier molecular flexibility index (Phi) is 8.67. The molecule has 188 valence electrons. The Balaban J connectivity index is 1.87. The van der Waals surface area contributed by atoms with Gasteiger partial charge < -0.3 is 54.7 Å². The number of ether oxygens (including phenoxy) is 4. The second-order valence-electron chi connectivity index (χ2n) is 8.80. The summed E-state index contributed by atoms with van der Waals surface area (Å²) in [6, 6.07) is 5.61. The van der Waals surface area contributed by atoms with Gasteiger partial charge in [0.1, 0.15) is 48.5 Å². The molecule has 0 amide bonds. The molecular formula is C22H34O11. The summed E-state index contributed by atoms with van der Waals surface area (Å²) in [5, 5.41) is 70.4. The zero-order valence-electron chi connectivity index (χ0n) is 18.8. The fourth-order valence-corrected chi connectivity index (χ4v) is 3.86. The lowest BCUT2D eigenvalue weighted by Crippen LogP contribution is -2.65. The van der Waals surface area contributed by atoms with Gasteiger partial charge in [-0.1, -0.05) is 26.0 Å². The predicted octanol–water partition coefficient (Wildman–Crippen LogP) is -1.88. The molecule has 0 bridgehead atoms. The monoisotopic (exact) mass is 474 g/mol. The summed E-state index contributed by atoms with van der Waals surface area (Å²) < 4.78 is 22.7. The second kappa shape index (κ2) is 10.9. The van der Waals surface area contributed by atoms with Crippen molar-refractivity contribution in [3.8, 4) is 5.75 Å². The second-order valence-corrected chi connectivity index (χ2v) is 8.80. The lowest BCUT2D eigenvalue weighted by molar-refractivity contribution is -0.357. The maximum absolute atomic E-state index is 10.7. The van der Waals surface area contributed by atoms with E-state index in [1.807, 2.05) is 32.9 Å². The van der Waals surface area contributed by atoms with E-state index >= 15 is 0 Å². The van der Waals surface area contributed by atoms with Crippen LogP contribution < -0.4 is 4.74 Å². The van der Waals surface area contributed by atoms with Crippen molar-refractivity contribution in [1.82, 2.24) is 0 Å². The van der Waals surface area contributed by atoms with Crippen LogP contribution in [0.15, 0.2) is 18.2 Å². The average molecular weight is 475 g/mol. The highest BCUT2D eigenvalue weighted by molar-refractivity contribution is 5.38. The normalized spacial score (nSPS) is 39.6. The van der Waals surface area contributed by atoms with Gasteiger partial charge in [0.25, 0.3) is 0 Å². The van der Waals surface area contributed by atoms with Gasteiger partial charge in [-0.3, -0.25) is 0 Å². The van der Waals surface area contributed by atoms with E-state index in [2.05, 4.69) is 0 Å². The van der Waals surface area contributed by atoms with Gasteiger partial charge in [-0.25, -0.2) is 0 Å². The van der Waals surface area contributed by atoms with Gasteiger partial charge in [0, 0.05) is 0 Å². The molecule has 11 nitrogen and oxygen atoms in total. The van der Waals surface area contributed by atoms with Crippen LogP contribution in [-0.2, 0) is 14.2 Å². The number of rotatable bonds is 7. The van der Waals surface area contributed by atoms with Crippen molar-refractivity contribution in [2.75, 3.05) is 13.2 Å². The minimum atomic E-state index is -1.73. The van der Waals surface area contributed by atoms with Gasteiger partial charge >= 0.3 is 0 Å². The van der Waals surface area contributed by atoms with Gasteiger partial charge in [0.15, 0.2) is 12.4 Å². The maximum atomic E-state index is 10.7. The highest BCUT2D eigenvalue weighted by atomic mass is 16.8. The zero-order chi connectivity index (χ0) is 24.4. The first-order valence-corrected chi connectivity index (χ1v) is 10.9. The van der Waals surface area contributed by atoms with Crippen LogP contribution >= 0.6 is 0 Å². The summed E-state index contributed by atoms with van der Waals surface area (Å²) in [4.78, 5) is 0. The van der Waals surface area contributed by atoms with Crippen molar-refractivity contribution in [1.29, 1.82) is 0 Å². The molecule has 2 aliphatic heterocycles. The van der Waals surface area contributed by atoms with E-state index in [-0.39, 0.29) is 5.92 Å².